The number of ether oxygens (including phenoxy) is 1. The Kier molecular flexibility index (Phi) is 4.06. The highest BCUT2D eigenvalue weighted by Gasteiger charge is 2.23. The average Bonchev–Trinajstić information content (AvgIpc) is 3.11. The maximum absolute atomic E-state index is 6.17. The number of rotatable bonds is 6. The van der Waals surface area contributed by atoms with Crippen LogP contribution in [0, 0.1) is 5.92 Å². The van der Waals surface area contributed by atoms with Crippen LogP contribution in [0.1, 0.15) is 51.1 Å². The van der Waals surface area contributed by atoms with E-state index in [9.17, 15) is 0 Å². The molecule has 1 unspecified atom stereocenters. The first kappa shape index (κ1) is 12.4. The van der Waals surface area contributed by atoms with Crippen LogP contribution >= 0.6 is 0 Å². The molecule has 2 N–H and O–H groups in total. The van der Waals surface area contributed by atoms with Crippen LogP contribution in [0.25, 0.3) is 0 Å². The van der Waals surface area contributed by atoms with Crippen LogP contribution in [0.4, 0.5) is 0 Å². The summed E-state index contributed by atoms with van der Waals surface area (Å²) in [5.74, 6) is 1.70. The molecule has 17 heavy (non-hydrogen) atoms. The monoisotopic (exact) mass is 233 g/mol. The summed E-state index contributed by atoms with van der Waals surface area (Å²) in [5, 5.41) is 0. The van der Waals surface area contributed by atoms with Crippen molar-refractivity contribution in [3.63, 3.8) is 0 Å². The third-order valence-corrected chi connectivity index (χ3v) is 3.19. The Bertz CT molecular complexity index is 340. The molecule has 1 atom stereocenters. The normalized spacial score (nSPS) is 17.2. The highest BCUT2D eigenvalue weighted by atomic mass is 16.5. The number of nitrogens with two attached hydrogens (primary N) is 1. The van der Waals surface area contributed by atoms with Crippen LogP contribution in [-0.2, 0) is 0 Å². The SMILES string of the molecule is CC(C)CCC(N)c1ccc(OC2CC2)cc1. The van der Waals surface area contributed by atoms with E-state index in [4.69, 9.17) is 10.5 Å². The first-order valence-corrected chi connectivity index (χ1v) is 6.67. The van der Waals surface area contributed by atoms with Crippen molar-refractivity contribution >= 4 is 0 Å². The minimum Gasteiger partial charge on any atom is -0.490 e. The quantitative estimate of drug-likeness (QED) is 0.813. The highest BCUT2D eigenvalue weighted by Crippen LogP contribution is 2.28. The fourth-order valence-electron chi connectivity index (χ4n) is 1.85. The number of hydrogen-bond acceptors (Lipinski definition) is 2. The van der Waals surface area contributed by atoms with Gasteiger partial charge < -0.3 is 10.5 Å². The summed E-state index contributed by atoms with van der Waals surface area (Å²) in [5.41, 5.74) is 7.38. The Morgan fingerprint density at radius 2 is 1.82 bits per heavy atom. The van der Waals surface area contributed by atoms with Crippen LogP contribution in [0.2, 0.25) is 0 Å². The molecule has 1 aliphatic carbocycles. The zero-order valence-electron chi connectivity index (χ0n) is 10.9. The molecule has 2 heteroatoms. The first-order valence-electron chi connectivity index (χ1n) is 6.67. The molecule has 0 aromatic heterocycles. The van der Waals surface area contributed by atoms with Gasteiger partial charge in [-0.2, -0.15) is 0 Å². The molecule has 0 aliphatic heterocycles. The van der Waals surface area contributed by atoms with Crippen molar-refractivity contribution in [1.29, 1.82) is 0 Å². The Labute approximate surface area is 104 Å². The van der Waals surface area contributed by atoms with Crippen LogP contribution in [0.15, 0.2) is 24.3 Å². The Balaban J connectivity index is 1.87. The molecule has 0 heterocycles. The summed E-state index contributed by atoms with van der Waals surface area (Å²) in [6.07, 6.45) is 5.11. The van der Waals surface area contributed by atoms with Crippen LogP contribution < -0.4 is 10.5 Å². The number of benzene rings is 1. The summed E-state index contributed by atoms with van der Waals surface area (Å²) in [6.45, 7) is 4.47. The van der Waals surface area contributed by atoms with Crippen molar-refractivity contribution in [2.45, 2.75) is 51.7 Å². The van der Waals surface area contributed by atoms with E-state index in [0.717, 1.165) is 18.1 Å². The van der Waals surface area contributed by atoms with Gasteiger partial charge in [-0.1, -0.05) is 26.0 Å². The lowest BCUT2D eigenvalue weighted by Gasteiger charge is -2.14. The number of hydrogen-bond donors (Lipinski definition) is 1. The van der Waals surface area contributed by atoms with Crippen molar-refractivity contribution in [2.24, 2.45) is 11.7 Å². The molecule has 0 spiro atoms. The molecule has 1 saturated carbocycles. The van der Waals surface area contributed by atoms with E-state index in [-0.39, 0.29) is 6.04 Å². The largest absolute Gasteiger partial charge is 0.490 e. The topological polar surface area (TPSA) is 35.2 Å². The van der Waals surface area contributed by atoms with E-state index in [0.29, 0.717) is 6.10 Å². The molecular weight excluding hydrogens is 210 g/mol. The molecule has 2 nitrogen and oxygen atoms in total. The minimum atomic E-state index is 0.160. The summed E-state index contributed by atoms with van der Waals surface area (Å²) >= 11 is 0. The van der Waals surface area contributed by atoms with Gasteiger partial charge in [-0.3, -0.25) is 0 Å². The Morgan fingerprint density at radius 3 is 2.35 bits per heavy atom. The molecule has 94 valence electrons. The van der Waals surface area contributed by atoms with Crippen molar-refractivity contribution < 1.29 is 4.74 Å². The molecule has 1 aromatic rings. The second kappa shape index (κ2) is 5.54. The van der Waals surface area contributed by atoms with Gasteiger partial charge >= 0.3 is 0 Å². The zero-order valence-corrected chi connectivity index (χ0v) is 10.9. The third kappa shape index (κ3) is 4.04. The maximum atomic E-state index is 6.17. The molecule has 0 saturated heterocycles. The maximum Gasteiger partial charge on any atom is 0.119 e. The van der Waals surface area contributed by atoms with E-state index in [1.165, 1.54) is 24.8 Å². The van der Waals surface area contributed by atoms with Gasteiger partial charge in [-0.25, -0.2) is 0 Å². The summed E-state index contributed by atoms with van der Waals surface area (Å²) in [4.78, 5) is 0. The van der Waals surface area contributed by atoms with E-state index in [2.05, 4.69) is 26.0 Å². The van der Waals surface area contributed by atoms with E-state index < -0.39 is 0 Å². The fourth-order valence-corrected chi connectivity index (χ4v) is 1.85. The molecule has 2 rings (SSSR count). The molecule has 0 amide bonds. The second-order valence-corrected chi connectivity index (χ2v) is 5.46. The van der Waals surface area contributed by atoms with Crippen molar-refractivity contribution in [1.82, 2.24) is 0 Å². The standard InChI is InChI=1S/C15H23NO/c1-11(2)3-10-15(16)12-4-6-13(7-5-12)17-14-8-9-14/h4-7,11,14-15H,3,8-10,16H2,1-2H3. The second-order valence-electron chi connectivity index (χ2n) is 5.46. The van der Waals surface area contributed by atoms with Crippen LogP contribution in [0.5, 0.6) is 5.75 Å². The van der Waals surface area contributed by atoms with Crippen molar-refractivity contribution in [2.75, 3.05) is 0 Å². The van der Waals surface area contributed by atoms with E-state index in [1.54, 1.807) is 0 Å². The lowest BCUT2D eigenvalue weighted by molar-refractivity contribution is 0.303. The predicted octanol–water partition coefficient (Wildman–Crippen LogP) is 3.66. The Morgan fingerprint density at radius 1 is 1.18 bits per heavy atom. The predicted molar refractivity (Wildman–Crippen MR) is 71.1 cm³/mol. The molecule has 0 radical (unpaired) electrons. The van der Waals surface area contributed by atoms with Gasteiger partial charge in [0, 0.05) is 6.04 Å². The molecular formula is C15H23NO. The van der Waals surface area contributed by atoms with Crippen LogP contribution in [-0.4, -0.2) is 6.10 Å². The van der Waals surface area contributed by atoms with Crippen molar-refractivity contribution in [3.05, 3.63) is 29.8 Å². The molecule has 0 bridgehead atoms. The summed E-state index contributed by atoms with van der Waals surface area (Å²) < 4.78 is 5.72. The smallest absolute Gasteiger partial charge is 0.119 e. The van der Waals surface area contributed by atoms with Crippen LogP contribution in [0.3, 0.4) is 0 Å². The average molecular weight is 233 g/mol. The van der Waals surface area contributed by atoms with Gasteiger partial charge in [0.1, 0.15) is 5.75 Å². The van der Waals surface area contributed by atoms with Gasteiger partial charge in [0.05, 0.1) is 6.10 Å². The first-order chi connectivity index (χ1) is 8.15. The van der Waals surface area contributed by atoms with Gasteiger partial charge in [0.2, 0.25) is 0 Å². The van der Waals surface area contributed by atoms with Gasteiger partial charge in [0.15, 0.2) is 0 Å². The van der Waals surface area contributed by atoms with Gasteiger partial charge in [0.25, 0.3) is 0 Å². The Hall–Kier alpha value is -1.02. The van der Waals surface area contributed by atoms with Gasteiger partial charge in [-0.15, -0.1) is 0 Å². The summed E-state index contributed by atoms with van der Waals surface area (Å²) in [7, 11) is 0. The van der Waals surface area contributed by atoms with Crippen molar-refractivity contribution in [3.8, 4) is 5.75 Å². The molecule has 1 fully saturated rings. The minimum absolute atomic E-state index is 0.160. The summed E-state index contributed by atoms with van der Waals surface area (Å²) in [6, 6.07) is 8.45. The highest BCUT2D eigenvalue weighted by molar-refractivity contribution is 5.29. The molecule has 1 aliphatic rings. The molecule has 1 aromatic carbocycles. The van der Waals surface area contributed by atoms with E-state index >= 15 is 0 Å². The lowest BCUT2D eigenvalue weighted by Crippen LogP contribution is -2.11. The fraction of sp³-hybridized carbons (Fsp3) is 0.600. The van der Waals surface area contributed by atoms with E-state index in [1.807, 2.05) is 12.1 Å². The zero-order chi connectivity index (χ0) is 12.3. The third-order valence-electron chi connectivity index (χ3n) is 3.19. The van der Waals surface area contributed by atoms with Gasteiger partial charge in [-0.05, 0) is 49.3 Å². The lowest BCUT2D eigenvalue weighted by atomic mass is 9.98.